The number of ether oxygens (including phenoxy) is 1. The molecule has 0 saturated carbocycles. The summed E-state index contributed by atoms with van der Waals surface area (Å²) < 4.78 is 18.4. The molecule has 1 aromatic rings. The summed E-state index contributed by atoms with van der Waals surface area (Å²) in [6, 6.07) is 5.13. The predicted molar refractivity (Wildman–Crippen MR) is 84.3 cm³/mol. The summed E-state index contributed by atoms with van der Waals surface area (Å²) in [5, 5.41) is 2.63. The fraction of sp³-hybridized carbons (Fsp3) is 0.500. The average molecular weight is 323 g/mol. The van der Waals surface area contributed by atoms with Gasteiger partial charge in [-0.1, -0.05) is 6.07 Å². The second-order valence-electron chi connectivity index (χ2n) is 6.66. The maximum atomic E-state index is 13.2. The van der Waals surface area contributed by atoms with Gasteiger partial charge in [-0.15, -0.1) is 0 Å². The number of amides is 2. The van der Waals surface area contributed by atoms with Crippen molar-refractivity contribution < 1.29 is 18.7 Å². The number of rotatable bonds is 2. The molecule has 0 spiro atoms. The Morgan fingerprint density at radius 3 is 2.65 bits per heavy atom. The summed E-state index contributed by atoms with van der Waals surface area (Å²) in [5.41, 5.74) is 5.72. The van der Waals surface area contributed by atoms with Crippen LogP contribution < -0.4 is 11.1 Å². The van der Waals surface area contributed by atoms with Crippen molar-refractivity contribution in [3.63, 3.8) is 0 Å². The highest BCUT2D eigenvalue weighted by Crippen LogP contribution is 2.21. The van der Waals surface area contributed by atoms with E-state index in [4.69, 9.17) is 10.5 Å². The minimum absolute atomic E-state index is 0.178. The number of anilines is 1. The average Bonchev–Trinajstić information content (AvgIpc) is 2.79. The van der Waals surface area contributed by atoms with Crippen molar-refractivity contribution in [1.29, 1.82) is 0 Å². The minimum atomic E-state index is -0.608. The third-order valence-corrected chi connectivity index (χ3v) is 3.45. The molecule has 2 rings (SSSR count). The molecule has 1 aromatic carbocycles. The van der Waals surface area contributed by atoms with Gasteiger partial charge >= 0.3 is 6.09 Å². The number of nitrogens with one attached hydrogen (secondary N) is 1. The molecule has 1 aliphatic rings. The Balaban J connectivity index is 1.98. The summed E-state index contributed by atoms with van der Waals surface area (Å²) in [7, 11) is 0. The van der Waals surface area contributed by atoms with Crippen molar-refractivity contribution in [3.05, 3.63) is 30.1 Å². The molecule has 1 aliphatic heterocycles. The Kier molecular flexibility index (Phi) is 4.89. The molecule has 3 N–H and O–H groups in total. The van der Waals surface area contributed by atoms with Crippen LogP contribution in [0, 0.1) is 11.7 Å². The number of carbonyl (C=O) groups excluding carboxylic acids is 2. The van der Waals surface area contributed by atoms with Crippen molar-refractivity contribution in [2.75, 3.05) is 18.4 Å². The smallest absolute Gasteiger partial charge is 0.410 e. The lowest BCUT2D eigenvalue weighted by Crippen LogP contribution is -2.37. The fourth-order valence-electron chi connectivity index (χ4n) is 2.38. The van der Waals surface area contributed by atoms with E-state index in [0.717, 1.165) is 0 Å². The largest absolute Gasteiger partial charge is 0.444 e. The molecule has 1 saturated heterocycles. The van der Waals surface area contributed by atoms with Crippen LogP contribution in [-0.2, 0) is 9.53 Å². The number of hydrogen-bond donors (Lipinski definition) is 2. The van der Waals surface area contributed by atoms with E-state index in [1.54, 1.807) is 26.8 Å². The standard InChI is InChI=1S/C16H22FN3O3/c1-16(2,3)23-15(22)20-8-12(13(18)9-20)14(21)19-11-6-4-5-10(17)7-11/h4-7,12-13H,8-9,18H2,1-3H3,(H,19,21)/t12-,13?/m0/s1. The summed E-state index contributed by atoms with van der Waals surface area (Å²) in [6.07, 6.45) is -0.492. The van der Waals surface area contributed by atoms with Gasteiger partial charge in [0.25, 0.3) is 0 Å². The normalized spacial score (nSPS) is 21.2. The first-order chi connectivity index (χ1) is 10.7. The van der Waals surface area contributed by atoms with Gasteiger partial charge in [-0.25, -0.2) is 9.18 Å². The van der Waals surface area contributed by atoms with E-state index in [2.05, 4.69) is 5.32 Å². The Morgan fingerprint density at radius 1 is 1.35 bits per heavy atom. The number of benzene rings is 1. The van der Waals surface area contributed by atoms with Crippen LogP contribution in [0.15, 0.2) is 24.3 Å². The molecule has 126 valence electrons. The first kappa shape index (κ1) is 17.2. The molecule has 0 bridgehead atoms. The number of carbonyl (C=O) groups is 2. The molecule has 2 amide bonds. The molecular formula is C16H22FN3O3. The van der Waals surface area contributed by atoms with E-state index in [1.165, 1.54) is 23.1 Å². The van der Waals surface area contributed by atoms with E-state index < -0.39 is 29.5 Å². The maximum absolute atomic E-state index is 13.2. The lowest BCUT2D eigenvalue weighted by molar-refractivity contribution is -0.119. The second kappa shape index (κ2) is 6.54. The van der Waals surface area contributed by atoms with Crippen molar-refractivity contribution in [1.82, 2.24) is 4.90 Å². The Labute approximate surface area is 134 Å². The molecule has 0 radical (unpaired) electrons. The molecule has 1 unspecified atom stereocenters. The molecule has 7 heteroatoms. The number of likely N-dealkylation sites (tertiary alicyclic amines) is 1. The summed E-state index contributed by atoms with van der Waals surface area (Å²) >= 11 is 0. The van der Waals surface area contributed by atoms with Gasteiger partial charge in [-0.2, -0.15) is 0 Å². The van der Waals surface area contributed by atoms with Crippen LogP contribution in [0.25, 0.3) is 0 Å². The monoisotopic (exact) mass is 323 g/mol. The van der Waals surface area contributed by atoms with Crippen molar-refractivity contribution in [2.24, 2.45) is 11.7 Å². The van der Waals surface area contributed by atoms with Gasteiger partial charge in [0.2, 0.25) is 5.91 Å². The molecule has 1 fully saturated rings. The van der Waals surface area contributed by atoms with Crippen LogP contribution in [-0.4, -0.2) is 41.6 Å². The number of nitrogens with two attached hydrogens (primary N) is 1. The molecule has 6 nitrogen and oxygen atoms in total. The van der Waals surface area contributed by atoms with Gasteiger partial charge in [0, 0.05) is 24.8 Å². The van der Waals surface area contributed by atoms with Crippen LogP contribution in [0.5, 0.6) is 0 Å². The predicted octanol–water partition coefficient (Wildman–Crippen LogP) is 1.96. The minimum Gasteiger partial charge on any atom is -0.444 e. The van der Waals surface area contributed by atoms with Crippen molar-refractivity contribution in [3.8, 4) is 0 Å². The van der Waals surface area contributed by atoms with Crippen LogP contribution >= 0.6 is 0 Å². The van der Waals surface area contributed by atoms with Gasteiger partial charge in [-0.3, -0.25) is 4.79 Å². The van der Waals surface area contributed by atoms with Crippen LogP contribution in [0.4, 0.5) is 14.9 Å². The first-order valence-electron chi connectivity index (χ1n) is 7.45. The Morgan fingerprint density at radius 2 is 2.04 bits per heavy atom. The first-order valence-corrected chi connectivity index (χ1v) is 7.45. The van der Waals surface area contributed by atoms with Crippen LogP contribution in [0.1, 0.15) is 20.8 Å². The van der Waals surface area contributed by atoms with E-state index in [9.17, 15) is 14.0 Å². The summed E-state index contributed by atoms with van der Waals surface area (Å²) in [6.45, 7) is 5.74. The van der Waals surface area contributed by atoms with Crippen LogP contribution in [0.2, 0.25) is 0 Å². The fourth-order valence-corrected chi connectivity index (χ4v) is 2.38. The molecule has 23 heavy (non-hydrogen) atoms. The van der Waals surface area contributed by atoms with E-state index >= 15 is 0 Å². The van der Waals surface area contributed by atoms with Gasteiger partial charge in [0.15, 0.2) is 0 Å². The van der Waals surface area contributed by atoms with Gasteiger partial charge in [-0.05, 0) is 39.0 Å². The van der Waals surface area contributed by atoms with E-state index in [0.29, 0.717) is 5.69 Å². The number of halogens is 1. The lowest BCUT2D eigenvalue weighted by atomic mass is 10.0. The maximum Gasteiger partial charge on any atom is 0.410 e. The second-order valence-corrected chi connectivity index (χ2v) is 6.66. The zero-order valence-corrected chi connectivity index (χ0v) is 13.5. The van der Waals surface area contributed by atoms with Gasteiger partial charge in [0.1, 0.15) is 11.4 Å². The highest BCUT2D eigenvalue weighted by Gasteiger charge is 2.39. The highest BCUT2D eigenvalue weighted by atomic mass is 19.1. The highest BCUT2D eigenvalue weighted by molar-refractivity contribution is 5.93. The van der Waals surface area contributed by atoms with E-state index in [1.807, 2.05) is 0 Å². The molecule has 2 atom stereocenters. The van der Waals surface area contributed by atoms with Crippen molar-refractivity contribution in [2.45, 2.75) is 32.4 Å². The molecule has 0 aliphatic carbocycles. The zero-order chi connectivity index (χ0) is 17.2. The SMILES string of the molecule is CC(C)(C)OC(=O)N1CC(N)[C@@H](C(=O)Nc2cccc(F)c2)C1. The summed E-state index contributed by atoms with van der Waals surface area (Å²) in [4.78, 5) is 25.8. The zero-order valence-electron chi connectivity index (χ0n) is 13.5. The van der Waals surface area contributed by atoms with Crippen molar-refractivity contribution >= 4 is 17.7 Å². The van der Waals surface area contributed by atoms with Gasteiger partial charge in [0.05, 0.1) is 5.92 Å². The lowest BCUT2D eigenvalue weighted by Gasteiger charge is -2.24. The quantitative estimate of drug-likeness (QED) is 0.871. The molecular weight excluding hydrogens is 301 g/mol. The Hall–Kier alpha value is -2.15. The van der Waals surface area contributed by atoms with Crippen LogP contribution in [0.3, 0.4) is 0 Å². The Bertz CT molecular complexity index is 600. The number of nitrogens with zero attached hydrogens (tertiary/aromatic N) is 1. The third-order valence-electron chi connectivity index (χ3n) is 3.45. The van der Waals surface area contributed by atoms with Gasteiger partial charge < -0.3 is 20.7 Å². The van der Waals surface area contributed by atoms with E-state index in [-0.39, 0.29) is 19.0 Å². The topological polar surface area (TPSA) is 84.7 Å². The summed E-state index contributed by atoms with van der Waals surface area (Å²) in [5.74, 6) is -1.34. The molecule has 1 heterocycles. The third kappa shape index (κ3) is 4.66. The molecule has 0 aromatic heterocycles. The number of hydrogen-bond acceptors (Lipinski definition) is 4.